The lowest BCUT2D eigenvalue weighted by atomic mass is 9.88. The molecule has 0 spiro atoms. The van der Waals surface area contributed by atoms with Crippen molar-refractivity contribution in [3.05, 3.63) is 23.8 Å². The molecule has 0 amide bonds. The van der Waals surface area contributed by atoms with Crippen molar-refractivity contribution in [2.24, 2.45) is 5.92 Å². The number of piperidine rings is 1. The topological polar surface area (TPSA) is 12.0 Å². The zero-order valence-corrected chi connectivity index (χ0v) is 8.26. The molecule has 1 heteroatoms. The average molecular weight is 177 g/mol. The van der Waals surface area contributed by atoms with E-state index >= 15 is 0 Å². The Balaban J connectivity index is 1.82. The van der Waals surface area contributed by atoms with E-state index in [0.717, 1.165) is 5.92 Å². The van der Waals surface area contributed by atoms with Gasteiger partial charge in [0.25, 0.3) is 0 Å². The minimum Gasteiger partial charge on any atom is -0.317 e. The Labute approximate surface area is 80.9 Å². The van der Waals surface area contributed by atoms with Crippen molar-refractivity contribution in [3.63, 3.8) is 0 Å². The molecule has 0 bridgehead atoms. The van der Waals surface area contributed by atoms with E-state index in [2.05, 4.69) is 23.5 Å². The summed E-state index contributed by atoms with van der Waals surface area (Å²) in [6, 6.07) is 0. The highest BCUT2D eigenvalue weighted by atomic mass is 14.9. The van der Waals surface area contributed by atoms with Crippen LogP contribution in [0.15, 0.2) is 23.8 Å². The number of hydrogen-bond acceptors (Lipinski definition) is 1. The van der Waals surface area contributed by atoms with Gasteiger partial charge in [-0.1, -0.05) is 23.8 Å². The molecular formula is C12H19N. The summed E-state index contributed by atoms with van der Waals surface area (Å²) in [4.78, 5) is 0. The van der Waals surface area contributed by atoms with E-state index in [4.69, 9.17) is 0 Å². The van der Waals surface area contributed by atoms with E-state index < -0.39 is 0 Å². The third kappa shape index (κ3) is 2.70. The van der Waals surface area contributed by atoms with Crippen molar-refractivity contribution < 1.29 is 0 Å². The number of allylic oxidation sites excluding steroid dienone is 4. The lowest BCUT2D eigenvalue weighted by Crippen LogP contribution is -2.27. The minimum absolute atomic E-state index is 0.957. The maximum Gasteiger partial charge on any atom is -0.00462 e. The first kappa shape index (κ1) is 9.01. The van der Waals surface area contributed by atoms with Gasteiger partial charge in [0.1, 0.15) is 0 Å². The molecule has 2 rings (SSSR count). The molecule has 1 fully saturated rings. The van der Waals surface area contributed by atoms with Crippen molar-refractivity contribution in [1.82, 2.24) is 5.32 Å². The monoisotopic (exact) mass is 177 g/mol. The molecule has 0 atom stereocenters. The molecule has 1 N–H and O–H groups in total. The second-order valence-electron chi connectivity index (χ2n) is 4.19. The molecule has 0 radical (unpaired) electrons. The summed E-state index contributed by atoms with van der Waals surface area (Å²) >= 11 is 0. The SMILES string of the molecule is C1=CCCC(CC2CCNCC2)=C1. The molecule has 0 saturated carbocycles. The minimum atomic E-state index is 0.957. The first-order valence-electron chi connectivity index (χ1n) is 5.50. The van der Waals surface area contributed by atoms with Crippen molar-refractivity contribution in [2.75, 3.05) is 13.1 Å². The van der Waals surface area contributed by atoms with Crippen molar-refractivity contribution >= 4 is 0 Å². The van der Waals surface area contributed by atoms with Crippen LogP contribution >= 0.6 is 0 Å². The third-order valence-corrected chi connectivity index (χ3v) is 3.11. The molecule has 0 unspecified atom stereocenters. The van der Waals surface area contributed by atoms with Crippen LogP contribution in [0.25, 0.3) is 0 Å². The molecule has 13 heavy (non-hydrogen) atoms. The molecule has 1 heterocycles. The van der Waals surface area contributed by atoms with Crippen LogP contribution < -0.4 is 5.32 Å². The summed E-state index contributed by atoms with van der Waals surface area (Å²) in [5, 5.41) is 3.42. The fraction of sp³-hybridized carbons (Fsp3) is 0.667. The smallest absolute Gasteiger partial charge is 0.00462 e. The van der Waals surface area contributed by atoms with Crippen LogP contribution in [0, 0.1) is 5.92 Å². The summed E-state index contributed by atoms with van der Waals surface area (Å²) in [5.74, 6) is 0.957. The molecule has 0 aromatic rings. The summed E-state index contributed by atoms with van der Waals surface area (Å²) in [5.41, 5.74) is 1.68. The highest BCUT2D eigenvalue weighted by Crippen LogP contribution is 2.25. The first-order chi connectivity index (χ1) is 6.45. The lowest BCUT2D eigenvalue weighted by molar-refractivity contribution is 0.369. The van der Waals surface area contributed by atoms with Crippen LogP contribution in [0.1, 0.15) is 32.1 Å². The van der Waals surface area contributed by atoms with Gasteiger partial charge in [-0.25, -0.2) is 0 Å². The van der Waals surface area contributed by atoms with Crippen molar-refractivity contribution in [1.29, 1.82) is 0 Å². The summed E-state index contributed by atoms with van der Waals surface area (Å²) in [7, 11) is 0. The largest absolute Gasteiger partial charge is 0.317 e. The maximum atomic E-state index is 3.42. The third-order valence-electron chi connectivity index (χ3n) is 3.11. The predicted octanol–water partition coefficient (Wildman–Crippen LogP) is 2.65. The summed E-state index contributed by atoms with van der Waals surface area (Å²) < 4.78 is 0. The second-order valence-corrected chi connectivity index (χ2v) is 4.19. The zero-order valence-electron chi connectivity index (χ0n) is 8.26. The van der Waals surface area contributed by atoms with Crippen LogP contribution in [0.4, 0.5) is 0 Å². The molecule has 1 aliphatic heterocycles. The van der Waals surface area contributed by atoms with Crippen LogP contribution in [0.2, 0.25) is 0 Å². The van der Waals surface area contributed by atoms with E-state index in [1.165, 1.54) is 45.2 Å². The van der Waals surface area contributed by atoms with Crippen molar-refractivity contribution in [2.45, 2.75) is 32.1 Å². The Kier molecular flexibility index (Phi) is 3.20. The van der Waals surface area contributed by atoms with Crippen LogP contribution in [-0.2, 0) is 0 Å². The van der Waals surface area contributed by atoms with E-state index in [0.29, 0.717) is 0 Å². The van der Waals surface area contributed by atoms with E-state index in [9.17, 15) is 0 Å². The Morgan fingerprint density at radius 1 is 1.31 bits per heavy atom. The molecule has 1 aliphatic carbocycles. The van der Waals surface area contributed by atoms with Gasteiger partial charge in [-0.3, -0.25) is 0 Å². The van der Waals surface area contributed by atoms with E-state index in [1.807, 2.05) is 0 Å². The lowest BCUT2D eigenvalue weighted by Gasteiger charge is -2.24. The van der Waals surface area contributed by atoms with Gasteiger partial charge < -0.3 is 5.32 Å². The standard InChI is InChI=1S/C12H19N/c1-2-4-11(5-3-1)10-12-6-8-13-9-7-12/h1-2,4,12-13H,3,5-10H2. The highest BCUT2D eigenvalue weighted by Gasteiger charge is 2.14. The van der Waals surface area contributed by atoms with Crippen LogP contribution in [-0.4, -0.2) is 13.1 Å². The van der Waals surface area contributed by atoms with E-state index in [-0.39, 0.29) is 0 Å². The fourth-order valence-corrected chi connectivity index (χ4v) is 2.28. The average Bonchev–Trinajstić information content (AvgIpc) is 2.21. The van der Waals surface area contributed by atoms with Gasteiger partial charge in [0.05, 0.1) is 0 Å². The Hall–Kier alpha value is -0.560. The quantitative estimate of drug-likeness (QED) is 0.683. The van der Waals surface area contributed by atoms with E-state index in [1.54, 1.807) is 5.57 Å². The Morgan fingerprint density at radius 3 is 2.85 bits per heavy atom. The normalized spacial score (nSPS) is 24.5. The van der Waals surface area contributed by atoms with Gasteiger partial charge in [-0.15, -0.1) is 0 Å². The fourth-order valence-electron chi connectivity index (χ4n) is 2.28. The molecule has 2 aliphatic rings. The molecule has 72 valence electrons. The Bertz CT molecular complexity index is 209. The maximum absolute atomic E-state index is 3.42. The highest BCUT2D eigenvalue weighted by molar-refractivity contribution is 5.18. The Morgan fingerprint density at radius 2 is 2.15 bits per heavy atom. The second kappa shape index (κ2) is 4.61. The molecule has 1 saturated heterocycles. The van der Waals surface area contributed by atoms with Crippen molar-refractivity contribution in [3.8, 4) is 0 Å². The number of rotatable bonds is 2. The number of hydrogen-bond donors (Lipinski definition) is 1. The molecule has 0 aromatic heterocycles. The predicted molar refractivity (Wildman–Crippen MR) is 56.7 cm³/mol. The van der Waals surface area contributed by atoms with Crippen LogP contribution in [0.3, 0.4) is 0 Å². The number of nitrogens with one attached hydrogen (secondary N) is 1. The van der Waals surface area contributed by atoms with Gasteiger partial charge in [0.2, 0.25) is 0 Å². The van der Waals surface area contributed by atoms with Gasteiger partial charge in [-0.05, 0) is 51.1 Å². The summed E-state index contributed by atoms with van der Waals surface area (Å²) in [6.45, 7) is 2.46. The zero-order chi connectivity index (χ0) is 8.93. The molecule has 1 nitrogen and oxygen atoms in total. The first-order valence-corrected chi connectivity index (χ1v) is 5.50. The van der Waals surface area contributed by atoms with Gasteiger partial charge in [-0.2, -0.15) is 0 Å². The van der Waals surface area contributed by atoms with Gasteiger partial charge >= 0.3 is 0 Å². The molecule has 0 aromatic carbocycles. The van der Waals surface area contributed by atoms with Gasteiger partial charge in [0.15, 0.2) is 0 Å². The summed E-state index contributed by atoms with van der Waals surface area (Å²) in [6.07, 6.45) is 13.5. The van der Waals surface area contributed by atoms with Crippen LogP contribution in [0.5, 0.6) is 0 Å². The molecular weight excluding hydrogens is 158 g/mol. The van der Waals surface area contributed by atoms with Gasteiger partial charge in [0, 0.05) is 0 Å².